The first-order valence-electron chi connectivity index (χ1n) is 17.7. The number of hydrogen-bond donors (Lipinski definition) is 0. The lowest BCUT2D eigenvalue weighted by atomic mass is 9.84. The van der Waals surface area contributed by atoms with Gasteiger partial charge in [0, 0.05) is 60.7 Å². The van der Waals surface area contributed by atoms with E-state index in [-0.39, 0.29) is 0 Å². The molecule has 9 rings (SSSR count). The monoisotopic (exact) mass is 692 g/mol. The molecule has 254 valence electrons. The highest BCUT2D eigenvalue weighted by atomic mass is 14.8. The average molecular weight is 693 g/mol. The zero-order valence-corrected chi connectivity index (χ0v) is 29.2. The van der Waals surface area contributed by atoms with Crippen LogP contribution in [0.4, 0.5) is 0 Å². The Hall–Kier alpha value is -7.44. The summed E-state index contributed by atoms with van der Waals surface area (Å²) in [5.74, 6) is 0. The fraction of sp³-hybridized carbons (Fsp3) is 0. The van der Waals surface area contributed by atoms with E-state index in [9.17, 15) is 0 Å². The number of nitrogens with zero attached hydrogens (tertiary/aromatic N) is 6. The molecule has 0 N–H and O–H groups in total. The van der Waals surface area contributed by atoms with Crippen molar-refractivity contribution in [3.05, 3.63) is 196 Å². The molecule has 0 saturated carbocycles. The Kier molecular flexibility index (Phi) is 8.81. The first-order valence-corrected chi connectivity index (χ1v) is 17.7. The van der Waals surface area contributed by atoms with Gasteiger partial charge in [0.05, 0.1) is 0 Å². The van der Waals surface area contributed by atoms with Crippen molar-refractivity contribution in [1.82, 2.24) is 29.9 Å². The van der Waals surface area contributed by atoms with Crippen LogP contribution in [-0.2, 0) is 0 Å². The Balaban J connectivity index is 1.23. The molecule has 0 atom stereocenters. The molecule has 4 heterocycles. The normalized spacial score (nSPS) is 11.0. The van der Waals surface area contributed by atoms with Crippen molar-refractivity contribution in [2.24, 2.45) is 0 Å². The van der Waals surface area contributed by atoms with Crippen molar-refractivity contribution in [2.75, 3.05) is 0 Å². The van der Waals surface area contributed by atoms with Crippen LogP contribution >= 0.6 is 0 Å². The second-order valence-electron chi connectivity index (χ2n) is 13.0. The van der Waals surface area contributed by atoms with Gasteiger partial charge in [-0.15, -0.1) is 0 Å². The van der Waals surface area contributed by atoms with Crippen LogP contribution in [0.5, 0.6) is 0 Å². The number of aromatic nitrogens is 6. The van der Waals surface area contributed by atoms with Gasteiger partial charge >= 0.3 is 0 Å². The molecule has 0 aliphatic heterocycles. The van der Waals surface area contributed by atoms with Crippen LogP contribution < -0.4 is 0 Å². The van der Waals surface area contributed by atoms with E-state index in [2.05, 4.69) is 139 Å². The summed E-state index contributed by atoms with van der Waals surface area (Å²) in [6.07, 6.45) is 17.8. The third-order valence-electron chi connectivity index (χ3n) is 9.76. The Labute approximate surface area is 313 Å². The second kappa shape index (κ2) is 14.7. The summed E-state index contributed by atoms with van der Waals surface area (Å²) in [6, 6.07) is 47.8. The van der Waals surface area contributed by atoms with Crippen molar-refractivity contribution >= 4 is 0 Å². The molecule has 9 aromatic rings. The first kappa shape index (κ1) is 32.5. The predicted octanol–water partition coefficient (Wildman–Crippen LogP) is 11.4. The molecule has 54 heavy (non-hydrogen) atoms. The zero-order chi connectivity index (χ0) is 36.1. The fourth-order valence-corrected chi connectivity index (χ4v) is 6.91. The maximum absolute atomic E-state index is 4.23. The highest BCUT2D eigenvalue weighted by Gasteiger charge is 2.17. The Morgan fingerprint density at radius 1 is 0.204 bits per heavy atom. The van der Waals surface area contributed by atoms with Gasteiger partial charge in [-0.1, -0.05) is 97.1 Å². The summed E-state index contributed by atoms with van der Waals surface area (Å²) in [4.78, 5) is 25.3. The molecule has 0 aliphatic carbocycles. The number of hydrogen-bond acceptors (Lipinski definition) is 6. The van der Waals surface area contributed by atoms with E-state index in [4.69, 9.17) is 0 Å². The van der Waals surface area contributed by atoms with Crippen LogP contribution in [0.2, 0.25) is 0 Å². The number of rotatable bonds is 8. The molecule has 0 fully saturated rings. The molecule has 6 nitrogen and oxygen atoms in total. The molecule has 0 bridgehead atoms. The van der Waals surface area contributed by atoms with Crippen LogP contribution in [0, 0.1) is 0 Å². The minimum atomic E-state index is 0.978. The van der Waals surface area contributed by atoms with Crippen molar-refractivity contribution in [3.63, 3.8) is 0 Å². The maximum atomic E-state index is 4.23. The van der Waals surface area contributed by atoms with E-state index in [1.807, 2.05) is 73.8 Å². The molecular weight excluding hydrogens is 661 g/mol. The lowest BCUT2D eigenvalue weighted by molar-refractivity contribution is 1.17. The van der Waals surface area contributed by atoms with Crippen molar-refractivity contribution < 1.29 is 0 Å². The summed E-state index contributed by atoms with van der Waals surface area (Å²) in [7, 11) is 0. The quantitative estimate of drug-likeness (QED) is 0.158. The van der Waals surface area contributed by atoms with Gasteiger partial charge < -0.3 is 0 Å². The summed E-state index contributed by atoms with van der Waals surface area (Å²) >= 11 is 0. The molecule has 5 aromatic carbocycles. The molecule has 0 aliphatic rings. The molecule has 0 spiro atoms. The van der Waals surface area contributed by atoms with Gasteiger partial charge in [0.1, 0.15) is 12.7 Å². The average Bonchev–Trinajstić information content (AvgIpc) is 3.27. The van der Waals surface area contributed by atoms with Crippen LogP contribution in [-0.4, -0.2) is 29.9 Å². The Morgan fingerprint density at radius 2 is 0.426 bits per heavy atom. The lowest BCUT2D eigenvalue weighted by Crippen LogP contribution is -1.93. The third kappa shape index (κ3) is 6.67. The van der Waals surface area contributed by atoms with E-state index < -0.39 is 0 Å². The van der Waals surface area contributed by atoms with Gasteiger partial charge in [-0.3, -0.25) is 9.97 Å². The van der Waals surface area contributed by atoms with E-state index in [0.717, 1.165) is 89.0 Å². The van der Waals surface area contributed by atoms with Gasteiger partial charge in [0.15, 0.2) is 0 Å². The molecule has 0 unspecified atom stereocenters. The summed E-state index contributed by atoms with van der Waals surface area (Å²) in [6.45, 7) is 0. The predicted molar refractivity (Wildman–Crippen MR) is 217 cm³/mol. The van der Waals surface area contributed by atoms with Crippen LogP contribution in [0.25, 0.3) is 89.0 Å². The van der Waals surface area contributed by atoms with Crippen LogP contribution in [0.15, 0.2) is 196 Å². The van der Waals surface area contributed by atoms with E-state index in [1.54, 1.807) is 12.7 Å². The van der Waals surface area contributed by atoms with Crippen molar-refractivity contribution in [1.29, 1.82) is 0 Å². The minimum Gasteiger partial charge on any atom is -0.265 e. The standard InChI is InChI=1S/C48H32N6/c1-9-39(10-2-33(1)37-17-21-49-22-18-37)45-25-46(40-11-3-34(4-12-40)38-19-23-50-24-20-38)48(42-15-7-36(8-16-42)44-29-53-32-54-30-44)26-47(45)41-13-5-35(6-14-41)43-27-51-31-52-28-43/h1-32H. The first-order chi connectivity index (χ1) is 26.8. The Morgan fingerprint density at radius 3 is 0.704 bits per heavy atom. The maximum Gasteiger partial charge on any atom is 0.115 e. The van der Waals surface area contributed by atoms with Gasteiger partial charge in [-0.2, -0.15) is 0 Å². The molecule has 6 heteroatoms. The largest absolute Gasteiger partial charge is 0.265 e. The highest BCUT2D eigenvalue weighted by molar-refractivity contribution is 5.96. The van der Waals surface area contributed by atoms with Gasteiger partial charge in [-0.25, -0.2) is 19.9 Å². The van der Waals surface area contributed by atoms with Crippen molar-refractivity contribution in [2.45, 2.75) is 0 Å². The van der Waals surface area contributed by atoms with E-state index >= 15 is 0 Å². The van der Waals surface area contributed by atoms with E-state index in [1.165, 1.54) is 0 Å². The summed E-state index contributed by atoms with van der Waals surface area (Å²) in [5, 5.41) is 0. The van der Waals surface area contributed by atoms with E-state index in [0.29, 0.717) is 0 Å². The molecule has 0 amide bonds. The molecule has 0 radical (unpaired) electrons. The minimum absolute atomic E-state index is 0.978. The summed E-state index contributed by atoms with van der Waals surface area (Å²) in [5.41, 5.74) is 17.7. The SMILES string of the molecule is c1cc(-c2ccc(-c3cc(-c4ccc(-c5ccncc5)cc4)c(-c4ccc(-c5cncnc5)cc4)cc3-c3ccc(-c4cncnc4)cc3)cc2)ccn1. The highest BCUT2D eigenvalue weighted by Crippen LogP contribution is 2.43. The van der Waals surface area contributed by atoms with Crippen molar-refractivity contribution in [3.8, 4) is 89.0 Å². The second-order valence-corrected chi connectivity index (χ2v) is 13.0. The Bertz CT molecular complexity index is 2260. The lowest BCUT2D eigenvalue weighted by Gasteiger charge is -2.19. The van der Waals surface area contributed by atoms with Gasteiger partial charge in [0.2, 0.25) is 0 Å². The van der Waals surface area contributed by atoms with Crippen LogP contribution in [0.1, 0.15) is 0 Å². The smallest absolute Gasteiger partial charge is 0.115 e. The summed E-state index contributed by atoms with van der Waals surface area (Å²) < 4.78 is 0. The molecular formula is C48H32N6. The molecule has 4 aromatic heterocycles. The van der Waals surface area contributed by atoms with Crippen LogP contribution in [0.3, 0.4) is 0 Å². The van der Waals surface area contributed by atoms with Gasteiger partial charge in [0.25, 0.3) is 0 Å². The topological polar surface area (TPSA) is 77.3 Å². The number of benzene rings is 5. The number of pyridine rings is 2. The third-order valence-corrected chi connectivity index (χ3v) is 9.76. The van der Waals surface area contributed by atoms with Gasteiger partial charge in [-0.05, 0) is 114 Å². The zero-order valence-electron chi connectivity index (χ0n) is 29.2. The molecule has 0 saturated heterocycles. The fourth-order valence-electron chi connectivity index (χ4n) is 6.91.